The van der Waals surface area contributed by atoms with Crippen molar-refractivity contribution in [3.63, 3.8) is 0 Å². The van der Waals surface area contributed by atoms with Gasteiger partial charge in [0, 0.05) is 25.2 Å². The van der Waals surface area contributed by atoms with Crippen LogP contribution in [0.2, 0.25) is 0 Å². The Labute approximate surface area is 96.5 Å². The Balaban J connectivity index is 2.39. The van der Waals surface area contributed by atoms with Gasteiger partial charge in [0.15, 0.2) is 17.1 Å². The minimum Gasteiger partial charge on any atom is -0.357 e. The van der Waals surface area contributed by atoms with Crippen molar-refractivity contribution >= 4 is 28.4 Å². The predicted molar refractivity (Wildman–Crippen MR) is 62.0 cm³/mol. The maximum atomic E-state index is 11.0. The zero-order valence-electron chi connectivity index (χ0n) is 8.75. The van der Waals surface area contributed by atoms with Crippen LogP contribution in [-0.4, -0.2) is 29.3 Å². The van der Waals surface area contributed by atoms with E-state index in [1.165, 1.54) is 11.3 Å². The number of hydrogen-bond acceptors (Lipinski definition) is 5. The molecule has 0 aromatic carbocycles. The van der Waals surface area contributed by atoms with Crippen molar-refractivity contribution in [1.82, 2.24) is 9.38 Å². The largest absolute Gasteiger partial charge is 0.357 e. The van der Waals surface area contributed by atoms with Gasteiger partial charge in [-0.1, -0.05) is 0 Å². The van der Waals surface area contributed by atoms with Gasteiger partial charge in [0.2, 0.25) is 0 Å². The second-order valence-electron chi connectivity index (χ2n) is 3.32. The molecule has 0 saturated heterocycles. The lowest BCUT2D eigenvalue weighted by molar-refractivity contribution is 0.111. The molecule has 0 amide bonds. The molecule has 0 unspecified atom stereocenters. The summed E-state index contributed by atoms with van der Waals surface area (Å²) in [6, 6.07) is 2.07. The summed E-state index contributed by atoms with van der Waals surface area (Å²) in [5, 5.41) is 10.4. The zero-order chi connectivity index (χ0) is 11.5. The quantitative estimate of drug-likeness (QED) is 0.753. The van der Waals surface area contributed by atoms with Gasteiger partial charge in [-0.3, -0.25) is 9.20 Å². The normalized spacial score (nSPS) is 10.2. The van der Waals surface area contributed by atoms with Gasteiger partial charge in [0.25, 0.3) is 0 Å². The molecule has 0 N–H and O–H groups in total. The van der Waals surface area contributed by atoms with E-state index < -0.39 is 0 Å². The minimum absolute atomic E-state index is 0.417. The fraction of sp³-hybridized carbons (Fsp3) is 0.300. The molecule has 82 valence electrons. The van der Waals surface area contributed by atoms with Gasteiger partial charge in [-0.05, 0) is 0 Å². The van der Waals surface area contributed by atoms with Crippen LogP contribution in [0.5, 0.6) is 0 Å². The second-order valence-corrected chi connectivity index (χ2v) is 4.20. The van der Waals surface area contributed by atoms with Gasteiger partial charge in [0.1, 0.15) is 5.69 Å². The second kappa shape index (κ2) is 4.33. The van der Waals surface area contributed by atoms with E-state index in [2.05, 4.69) is 11.1 Å². The van der Waals surface area contributed by atoms with Crippen LogP contribution >= 0.6 is 11.3 Å². The van der Waals surface area contributed by atoms with Crippen LogP contribution < -0.4 is 4.90 Å². The van der Waals surface area contributed by atoms with Crippen molar-refractivity contribution in [3.8, 4) is 6.07 Å². The molecule has 2 aromatic rings. The number of fused-ring (bicyclic) bond motifs is 1. The number of nitriles is 1. The number of rotatable bonds is 4. The summed E-state index contributed by atoms with van der Waals surface area (Å²) in [5.74, 6) is 0.636. The number of aldehydes is 1. The van der Waals surface area contributed by atoms with Gasteiger partial charge in [-0.15, -0.1) is 11.3 Å². The van der Waals surface area contributed by atoms with Crippen LogP contribution in [0.1, 0.15) is 16.9 Å². The monoisotopic (exact) mass is 234 g/mol. The molecular weight excluding hydrogens is 224 g/mol. The summed E-state index contributed by atoms with van der Waals surface area (Å²) < 4.78 is 1.76. The molecule has 0 atom stereocenters. The third-order valence-corrected chi connectivity index (χ3v) is 3.07. The fourth-order valence-electron chi connectivity index (χ4n) is 1.51. The highest BCUT2D eigenvalue weighted by Crippen LogP contribution is 2.22. The molecule has 0 bridgehead atoms. The molecule has 2 aromatic heterocycles. The average Bonchev–Trinajstić information content (AvgIpc) is 2.84. The first kappa shape index (κ1) is 10.6. The van der Waals surface area contributed by atoms with E-state index >= 15 is 0 Å². The van der Waals surface area contributed by atoms with E-state index in [1.807, 2.05) is 23.5 Å². The van der Waals surface area contributed by atoms with Gasteiger partial charge in [0.05, 0.1) is 12.5 Å². The van der Waals surface area contributed by atoms with Gasteiger partial charge < -0.3 is 4.90 Å². The highest BCUT2D eigenvalue weighted by Gasteiger charge is 2.15. The smallest absolute Gasteiger partial charge is 0.196 e. The summed E-state index contributed by atoms with van der Waals surface area (Å²) in [5.41, 5.74) is 0.539. The number of aromatic nitrogens is 2. The maximum Gasteiger partial charge on any atom is 0.196 e. The number of imidazole rings is 1. The number of thiazole rings is 1. The molecular formula is C10H10N4OS. The molecule has 0 fully saturated rings. The van der Waals surface area contributed by atoms with Gasteiger partial charge in [-0.25, -0.2) is 4.98 Å². The van der Waals surface area contributed by atoms with Crippen LogP contribution in [0.25, 0.3) is 4.96 Å². The zero-order valence-corrected chi connectivity index (χ0v) is 9.57. The minimum atomic E-state index is 0.417. The van der Waals surface area contributed by atoms with Crippen molar-refractivity contribution in [2.45, 2.75) is 6.42 Å². The summed E-state index contributed by atoms with van der Waals surface area (Å²) in [7, 11) is 1.83. The number of carbonyl (C=O) groups is 1. The Morgan fingerprint density at radius 1 is 1.75 bits per heavy atom. The van der Waals surface area contributed by atoms with Crippen molar-refractivity contribution in [3.05, 3.63) is 17.3 Å². The first-order valence-electron chi connectivity index (χ1n) is 4.76. The maximum absolute atomic E-state index is 11.0. The summed E-state index contributed by atoms with van der Waals surface area (Å²) in [6.45, 7) is 0.572. The van der Waals surface area contributed by atoms with E-state index in [0.29, 0.717) is 24.5 Å². The highest BCUT2D eigenvalue weighted by atomic mass is 32.1. The fourth-order valence-corrected chi connectivity index (χ4v) is 2.22. The van der Waals surface area contributed by atoms with Crippen LogP contribution in [0, 0.1) is 11.3 Å². The molecule has 0 aliphatic heterocycles. The van der Waals surface area contributed by atoms with Crippen molar-refractivity contribution in [2.24, 2.45) is 0 Å². The molecule has 0 spiro atoms. The van der Waals surface area contributed by atoms with Crippen LogP contribution in [0.3, 0.4) is 0 Å². The number of carbonyl (C=O) groups excluding carboxylic acids is 1. The van der Waals surface area contributed by atoms with E-state index in [9.17, 15) is 4.79 Å². The van der Waals surface area contributed by atoms with Crippen LogP contribution in [0.4, 0.5) is 5.82 Å². The van der Waals surface area contributed by atoms with Crippen LogP contribution in [-0.2, 0) is 0 Å². The highest BCUT2D eigenvalue weighted by molar-refractivity contribution is 7.15. The lowest BCUT2D eigenvalue weighted by atomic mass is 10.4. The molecule has 0 saturated carbocycles. The van der Waals surface area contributed by atoms with Crippen molar-refractivity contribution in [1.29, 1.82) is 5.26 Å². The average molecular weight is 234 g/mol. The third-order valence-electron chi connectivity index (χ3n) is 2.31. The Morgan fingerprint density at radius 3 is 3.25 bits per heavy atom. The van der Waals surface area contributed by atoms with E-state index in [4.69, 9.17) is 5.26 Å². The van der Waals surface area contributed by atoms with Crippen LogP contribution in [0.15, 0.2) is 11.6 Å². The molecule has 5 nitrogen and oxygen atoms in total. The van der Waals surface area contributed by atoms with Crippen molar-refractivity contribution in [2.75, 3.05) is 18.5 Å². The Kier molecular flexibility index (Phi) is 2.88. The summed E-state index contributed by atoms with van der Waals surface area (Å²) in [6.07, 6.45) is 3.03. The molecule has 0 aliphatic carbocycles. The summed E-state index contributed by atoms with van der Waals surface area (Å²) >= 11 is 1.48. The first-order chi connectivity index (χ1) is 7.77. The molecule has 6 heteroatoms. The van der Waals surface area contributed by atoms with Gasteiger partial charge in [-0.2, -0.15) is 5.26 Å². The Hall–Kier alpha value is -1.87. The summed E-state index contributed by atoms with van der Waals surface area (Å²) in [4.78, 5) is 18.0. The lowest BCUT2D eigenvalue weighted by Crippen LogP contribution is -2.19. The predicted octanol–water partition coefficient (Wildman–Crippen LogP) is 1.56. The van der Waals surface area contributed by atoms with E-state index in [0.717, 1.165) is 11.2 Å². The Bertz CT molecular complexity index is 551. The third kappa shape index (κ3) is 1.66. The van der Waals surface area contributed by atoms with Gasteiger partial charge >= 0.3 is 0 Å². The molecule has 2 rings (SSSR count). The van der Waals surface area contributed by atoms with E-state index in [1.54, 1.807) is 4.40 Å². The topological polar surface area (TPSA) is 61.4 Å². The Morgan fingerprint density at radius 2 is 2.56 bits per heavy atom. The van der Waals surface area contributed by atoms with Crippen molar-refractivity contribution < 1.29 is 4.79 Å². The van der Waals surface area contributed by atoms with E-state index in [-0.39, 0.29) is 0 Å². The number of anilines is 1. The molecule has 0 radical (unpaired) electrons. The number of nitrogens with zero attached hydrogens (tertiary/aromatic N) is 4. The molecule has 0 aliphatic rings. The standard InChI is InChI=1S/C10H10N4OS/c1-13(4-2-3-11)9-8(7-15)14-5-6-16-10(14)12-9/h5-7H,2,4H2,1H3. The lowest BCUT2D eigenvalue weighted by Gasteiger charge is -2.14. The SMILES string of the molecule is CN(CCC#N)c1nc2sccn2c1C=O. The number of hydrogen-bond donors (Lipinski definition) is 0. The first-order valence-corrected chi connectivity index (χ1v) is 5.64. The molecule has 16 heavy (non-hydrogen) atoms. The molecule has 2 heterocycles.